The predicted molar refractivity (Wildman–Crippen MR) is 73.1 cm³/mol. The smallest absolute Gasteiger partial charge is 0.228 e. The molecule has 2 rings (SSSR count). The molecule has 0 radical (unpaired) electrons. The van der Waals surface area contributed by atoms with Crippen molar-refractivity contribution < 1.29 is 14.0 Å². The summed E-state index contributed by atoms with van der Waals surface area (Å²) in [4.78, 5) is 24.3. The first-order chi connectivity index (χ1) is 8.49. The monoisotopic (exact) mass is 331 g/mol. The summed E-state index contributed by atoms with van der Waals surface area (Å²) in [5, 5.41) is -0.113. The molecule has 18 heavy (non-hydrogen) atoms. The van der Waals surface area contributed by atoms with Crippen molar-refractivity contribution in [3.05, 3.63) is 28.5 Å². The maximum Gasteiger partial charge on any atom is 0.228 e. The van der Waals surface area contributed by atoms with Crippen molar-refractivity contribution in [2.45, 2.75) is 18.6 Å². The fraction of sp³-hybridized carbons (Fsp3) is 0.333. The molecular weight excluding hydrogens is 321 g/mol. The van der Waals surface area contributed by atoms with Crippen LogP contribution in [0.3, 0.4) is 0 Å². The fourth-order valence-electron chi connectivity index (χ4n) is 1.92. The number of carbonyl (C=O) groups excluding carboxylic acids is 2. The molecule has 1 fully saturated rings. The van der Waals surface area contributed by atoms with Crippen LogP contribution < -0.4 is 4.90 Å². The van der Waals surface area contributed by atoms with E-state index in [-0.39, 0.29) is 28.4 Å². The molecule has 96 valence electrons. The molecule has 1 atom stereocenters. The highest BCUT2D eigenvalue weighted by Crippen LogP contribution is 2.32. The molecule has 6 heteroatoms. The maximum atomic E-state index is 13.9. The Morgan fingerprint density at radius 2 is 2.28 bits per heavy atom. The zero-order valence-electron chi connectivity index (χ0n) is 9.65. The Bertz CT molecular complexity index is 509. The largest absolute Gasteiger partial charge is 0.308 e. The van der Waals surface area contributed by atoms with Crippen molar-refractivity contribution in [1.29, 1.82) is 0 Å². The van der Waals surface area contributed by atoms with Crippen LogP contribution in [0, 0.1) is 5.82 Å². The molecule has 1 saturated heterocycles. The summed E-state index contributed by atoms with van der Waals surface area (Å²) in [6.45, 7) is 1.84. The molecule has 0 N–H and O–H groups in total. The molecule has 1 heterocycles. The van der Waals surface area contributed by atoms with Crippen molar-refractivity contribution >= 4 is 44.4 Å². The van der Waals surface area contributed by atoms with Gasteiger partial charge in [-0.2, -0.15) is 0 Å². The van der Waals surface area contributed by atoms with Crippen LogP contribution in [0.2, 0.25) is 0 Å². The van der Waals surface area contributed by atoms with E-state index in [4.69, 9.17) is 0 Å². The number of hydrogen-bond acceptors (Lipinski definition) is 3. The predicted octanol–water partition coefficient (Wildman–Crippen LogP) is 2.97. The van der Waals surface area contributed by atoms with E-state index in [9.17, 15) is 14.0 Å². The number of nitrogens with zero attached hydrogens (tertiary/aromatic N) is 1. The zero-order valence-corrected chi connectivity index (χ0v) is 12.1. The summed E-state index contributed by atoms with van der Waals surface area (Å²) in [6.07, 6.45) is 0.274. The molecule has 0 aromatic heterocycles. The third-order valence-corrected chi connectivity index (χ3v) is 4.24. The summed E-state index contributed by atoms with van der Waals surface area (Å²) in [5.74, 6) is -0.593. The van der Waals surface area contributed by atoms with Crippen LogP contribution in [-0.4, -0.2) is 22.8 Å². The summed E-state index contributed by atoms with van der Waals surface area (Å²) < 4.78 is 14.2. The van der Waals surface area contributed by atoms with E-state index in [0.29, 0.717) is 11.0 Å². The number of hydrogen-bond donors (Lipinski definition) is 0. The summed E-state index contributed by atoms with van der Waals surface area (Å²) in [5.41, 5.74) is 0.265. The van der Waals surface area contributed by atoms with Crippen LogP contribution in [0.25, 0.3) is 0 Å². The number of anilines is 1. The molecular formula is C12H11BrFNO2S. The fourth-order valence-corrected chi connectivity index (χ4v) is 3.20. The van der Waals surface area contributed by atoms with Crippen LogP contribution in [0.15, 0.2) is 22.7 Å². The first kappa shape index (κ1) is 13.5. The molecule has 0 bridgehead atoms. The Kier molecular flexibility index (Phi) is 4.07. The molecule has 0 saturated carbocycles. The Hall–Kier alpha value is -0.880. The first-order valence-electron chi connectivity index (χ1n) is 5.40. The van der Waals surface area contributed by atoms with Gasteiger partial charge in [-0.3, -0.25) is 9.59 Å². The lowest BCUT2D eigenvalue weighted by Crippen LogP contribution is -2.26. The highest BCUT2D eigenvalue weighted by Gasteiger charge is 2.33. The Labute approximate surface area is 117 Å². The zero-order chi connectivity index (χ0) is 13.3. The van der Waals surface area contributed by atoms with Gasteiger partial charge in [-0.05, 0) is 28.1 Å². The summed E-state index contributed by atoms with van der Waals surface area (Å²) in [7, 11) is 0. The van der Waals surface area contributed by atoms with E-state index in [1.54, 1.807) is 18.2 Å². The first-order valence-corrected chi connectivity index (χ1v) is 7.08. The Morgan fingerprint density at radius 1 is 1.56 bits per heavy atom. The highest BCUT2D eigenvalue weighted by molar-refractivity contribution is 9.10. The Morgan fingerprint density at radius 3 is 2.94 bits per heavy atom. The van der Waals surface area contributed by atoms with Crippen LogP contribution >= 0.6 is 27.7 Å². The van der Waals surface area contributed by atoms with E-state index in [0.717, 1.165) is 11.8 Å². The number of benzene rings is 1. The van der Waals surface area contributed by atoms with E-state index in [1.165, 1.54) is 11.8 Å². The topological polar surface area (TPSA) is 37.4 Å². The number of halogens is 2. The van der Waals surface area contributed by atoms with E-state index in [1.807, 2.05) is 0 Å². The number of amides is 1. The molecule has 0 spiro atoms. The van der Waals surface area contributed by atoms with Gasteiger partial charge >= 0.3 is 0 Å². The lowest BCUT2D eigenvalue weighted by atomic mass is 10.3. The quantitative estimate of drug-likeness (QED) is 0.836. The van der Waals surface area contributed by atoms with Crippen LogP contribution in [0.1, 0.15) is 13.3 Å². The molecule has 0 aliphatic carbocycles. The van der Waals surface area contributed by atoms with Gasteiger partial charge in [0, 0.05) is 25.1 Å². The average Bonchev–Trinajstić information content (AvgIpc) is 2.62. The van der Waals surface area contributed by atoms with Gasteiger partial charge in [-0.25, -0.2) is 4.39 Å². The van der Waals surface area contributed by atoms with Gasteiger partial charge in [0.05, 0.1) is 10.2 Å². The minimum atomic E-state index is -0.445. The standard InChI is InChI=1S/C12H11BrFNO2S/c1-7(16)18-8-5-11(17)15(6-8)10-4-2-3-9(13)12(10)14/h2-4,8H,5-6H2,1H3. The minimum Gasteiger partial charge on any atom is -0.308 e. The molecule has 1 aliphatic rings. The van der Waals surface area contributed by atoms with Crippen molar-refractivity contribution in [2.75, 3.05) is 11.4 Å². The molecule has 1 amide bonds. The molecule has 1 unspecified atom stereocenters. The van der Waals surface area contributed by atoms with Gasteiger partial charge in [0.2, 0.25) is 5.91 Å². The second-order valence-electron chi connectivity index (χ2n) is 4.01. The lowest BCUT2D eigenvalue weighted by Gasteiger charge is -2.17. The third kappa shape index (κ3) is 2.75. The van der Waals surface area contributed by atoms with Crippen LogP contribution in [0.4, 0.5) is 10.1 Å². The lowest BCUT2D eigenvalue weighted by molar-refractivity contribution is -0.117. The van der Waals surface area contributed by atoms with Gasteiger partial charge in [0.1, 0.15) is 0 Å². The van der Waals surface area contributed by atoms with Gasteiger partial charge in [-0.1, -0.05) is 17.8 Å². The van der Waals surface area contributed by atoms with Gasteiger partial charge in [0.25, 0.3) is 0 Å². The number of thioether (sulfide) groups is 1. The molecule has 3 nitrogen and oxygen atoms in total. The summed E-state index contributed by atoms with van der Waals surface area (Å²) >= 11 is 4.23. The molecule has 1 aliphatic heterocycles. The van der Waals surface area contributed by atoms with E-state index in [2.05, 4.69) is 15.9 Å². The van der Waals surface area contributed by atoms with E-state index < -0.39 is 5.82 Å². The second-order valence-corrected chi connectivity index (χ2v) is 6.34. The molecule has 1 aromatic carbocycles. The van der Waals surface area contributed by atoms with Crippen LogP contribution in [-0.2, 0) is 9.59 Å². The van der Waals surface area contributed by atoms with Crippen molar-refractivity contribution in [1.82, 2.24) is 0 Å². The number of rotatable bonds is 2. The van der Waals surface area contributed by atoms with Crippen LogP contribution in [0.5, 0.6) is 0 Å². The average molecular weight is 332 g/mol. The van der Waals surface area contributed by atoms with Crippen molar-refractivity contribution in [3.63, 3.8) is 0 Å². The van der Waals surface area contributed by atoms with E-state index >= 15 is 0 Å². The van der Waals surface area contributed by atoms with Crippen molar-refractivity contribution in [3.8, 4) is 0 Å². The minimum absolute atomic E-state index is 0.0237. The maximum absolute atomic E-state index is 13.9. The third-order valence-electron chi connectivity index (χ3n) is 2.64. The van der Waals surface area contributed by atoms with Crippen molar-refractivity contribution in [2.24, 2.45) is 0 Å². The van der Waals surface area contributed by atoms with Gasteiger partial charge in [-0.15, -0.1) is 0 Å². The Balaban J connectivity index is 2.22. The molecule has 1 aromatic rings. The highest BCUT2D eigenvalue weighted by atomic mass is 79.9. The van der Waals surface area contributed by atoms with Gasteiger partial charge < -0.3 is 4.90 Å². The normalized spacial score (nSPS) is 19.4. The second kappa shape index (κ2) is 5.40. The number of carbonyl (C=O) groups is 2. The SMILES string of the molecule is CC(=O)SC1CC(=O)N(c2cccc(Br)c2F)C1. The van der Waals surface area contributed by atoms with Gasteiger partial charge in [0.15, 0.2) is 10.9 Å². The summed E-state index contributed by atoms with van der Waals surface area (Å²) in [6, 6.07) is 4.83.